The molecule has 1 aromatic carbocycles. The summed E-state index contributed by atoms with van der Waals surface area (Å²) in [6.07, 6.45) is 2.63. The van der Waals surface area contributed by atoms with Crippen LogP contribution in [-0.2, 0) is 14.4 Å². The minimum absolute atomic E-state index is 0.0497. The van der Waals surface area contributed by atoms with Gasteiger partial charge < -0.3 is 9.64 Å². The highest BCUT2D eigenvalue weighted by molar-refractivity contribution is 6.30. The third kappa shape index (κ3) is 4.18. The molecule has 140 valence electrons. The molecule has 0 unspecified atom stereocenters. The number of nitrogens with zero attached hydrogens (tertiary/aromatic N) is 1. The predicted octanol–water partition coefficient (Wildman–Crippen LogP) is 2.50. The summed E-state index contributed by atoms with van der Waals surface area (Å²) in [6, 6.07) is 5.63. The topological polar surface area (TPSA) is 75.7 Å². The number of hydrogen-bond acceptors (Lipinski definition) is 4. The van der Waals surface area contributed by atoms with Gasteiger partial charge in [-0.15, -0.1) is 0 Å². The molecule has 0 radical (unpaired) electrons. The van der Waals surface area contributed by atoms with Crippen molar-refractivity contribution in [1.82, 2.24) is 10.2 Å². The van der Waals surface area contributed by atoms with Gasteiger partial charge in [-0.2, -0.15) is 0 Å². The zero-order chi connectivity index (χ0) is 18.7. The summed E-state index contributed by atoms with van der Waals surface area (Å²) in [5.74, 6) is 0.327. The van der Waals surface area contributed by atoms with Crippen molar-refractivity contribution >= 4 is 29.3 Å². The van der Waals surface area contributed by atoms with Crippen molar-refractivity contribution in [3.05, 3.63) is 28.8 Å². The minimum Gasteiger partial charge on any atom is -0.496 e. The molecule has 0 aliphatic carbocycles. The number of hydrogen-bond donors (Lipinski definition) is 1. The number of benzene rings is 1. The van der Waals surface area contributed by atoms with Crippen LogP contribution in [0.5, 0.6) is 5.75 Å². The number of rotatable bonds is 5. The molecule has 2 aliphatic heterocycles. The van der Waals surface area contributed by atoms with Gasteiger partial charge in [-0.3, -0.25) is 19.7 Å². The molecule has 3 rings (SSSR count). The molecular formula is C19H23ClN2O4. The molecule has 2 saturated heterocycles. The van der Waals surface area contributed by atoms with E-state index in [9.17, 15) is 14.4 Å². The molecule has 1 N–H and O–H groups in total. The molecule has 3 amide bonds. The molecule has 26 heavy (non-hydrogen) atoms. The molecule has 2 fully saturated rings. The fourth-order valence-corrected chi connectivity index (χ4v) is 3.94. The Labute approximate surface area is 157 Å². The smallest absolute Gasteiger partial charge is 0.230 e. The Kier molecular flexibility index (Phi) is 5.81. The number of halogens is 1. The molecule has 7 heteroatoms. The van der Waals surface area contributed by atoms with Gasteiger partial charge in [0.2, 0.25) is 17.7 Å². The van der Waals surface area contributed by atoms with Crippen LogP contribution in [0.15, 0.2) is 18.2 Å². The van der Waals surface area contributed by atoms with E-state index in [-0.39, 0.29) is 30.1 Å². The van der Waals surface area contributed by atoms with Crippen LogP contribution in [0.3, 0.4) is 0 Å². The molecule has 6 nitrogen and oxygen atoms in total. The van der Waals surface area contributed by atoms with Gasteiger partial charge in [0, 0.05) is 36.9 Å². The summed E-state index contributed by atoms with van der Waals surface area (Å²) in [4.78, 5) is 37.1. The molecule has 0 aromatic heterocycles. The monoisotopic (exact) mass is 378 g/mol. The second-order valence-corrected chi connectivity index (χ2v) is 7.33. The minimum atomic E-state index is -0.361. The number of likely N-dealkylation sites (tertiary alicyclic amines) is 1. The number of carbonyl (C=O) groups excluding carboxylic acids is 3. The zero-order valence-electron chi connectivity index (χ0n) is 14.8. The van der Waals surface area contributed by atoms with E-state index in [0.29, 0.717) is 36.9 Å². The third-order valence-corrected chi connectivity index (χ3v) is 5.49. The van der Waals surface area contributed by atoms with Crippen LogP contribution in [0.4, 0.5) is 0 Å². The quantitative estimate of drug-likeness (QED) is 0.799. The van der Waals surface area contributed by atoms with Crippen molar-refractivity contribution in [2.45, 2.75) is 38.0 Å². The Morgan fingerprint density at radius 1 is 1.31 bits per heavy atom. The van der Waals surface area contributed by atoms with Gasteiger partial charge in [0.05, 0.1) is 7.11 Å². The van der Waals surface area contributed by atoms with Gasteiger partial charge in [-0.05, 0) is 48.9 Å². The average molecular weight is 379 g/mol. The number of methoxy groups -OCH3 is 1. The van der Waals surface area contributed by atoms with Crippen LogP contribution < -0.4 is 10.1 Å². The number of imide groups is 1. The Morgan fingerprint density at radius 3 is 2.65 bits per heavy atom. The van der Waals surface area contributed by atoms with Crippen LogP contribution in [0.2, 0.25) is 5.02 Å². The molecule has 0 bridgehead atoms. The summed E-state index contributed by atoms with van der Waals surface area (Å²) >= 11 is 6.12. The first-order valence-corrected chi connectivity index (χ1v) is 9.30. The number of piperidine rings is 1. The highest BCUT2D eigenvalue weighted by atomic mass is 35.5. The normalized spacial score (nSPS) is 21.0. The van der Waals surface area contributed by atoms with E-state index in [1.807, 2.05) is 23.1 Å². The van der Waals surface area contributed by atoms with Crippen molar-refractivity contribution in [2.24, 2.45) is 5.92 Å². The lowest BCUT2D eigenvalue weighted by molar-refractivity contribution is -0.132. The van der Waals surface area contributed by atoms with Gasteiger partial charge in [0.1, 0.15) is 5.75 Å². The Balaban J connectivity index is 1.52. The summed E-state index contributed by atoms with van der Waals surface area (Å²) in [7, 11) is 1.65. The highest BCUT2D eigenvalue weighted by Gasteiger charge is 2.32. The van der Waals surface area contributed by atoms with Gasteiger partial charge in [0.15, 0.2) is 0 Å². The Morgan fingerprint density at radius 2 is 2.04 bits per heavy atom. The third-order valence-electron chi connectivity index (χ3n) is 5.25. The summed E-state index contributed by atoms with van der Waals surface area (Å²) < 4.78 is 5.44. The van der Waals surface area contributed by atoms with Crippen molar-refractivity contribution in [3.8, 4) is 5.75 Å². The summed E-state index contributed by atoms with van der Waals surface area (Å²) in [6.45, 7) is 1.35. The highest BCUT2D eigenvalue weighted by Crippen LogP contribution is 2.36. The molecule has 1 atom stereocenters. The lowest BCUT2D eigenvalue weighted by atomic mass is 9.88. The van der Waals surface area contributed by atoms with Crippen LogP contribution in [0.1, 0.15) is 43.6 Å². The van der Waals surface area contributed by atoms with Crippen LogP contribution >= 0.6 is 11.6 Å². The maximum atomic E-state index is 12.4. The summed E-state index contributed by atoms with van der Waals surface area (Å²) in [5, 5.41) is 2.97. The van der Waals surface area contributed by atoms with E-state index in [4.69, 9.17) is 16.3 Å². The second kappa shape index (κ2) is 8.08. The van der Waals surface area contributed by atoms with E-state index in [0.717, 1.165) is 24.2 Å². The standard InChI is InChI=1S/C19H23ClN2O4/c1-26-16-4-3-14(20)11-15(16)12-6-8-22(9-7-12)18(24)5-2-13-10-17(23)21-19(13)25/h3-4,11-13H,2,5-10H2,1H3,(H,21,23,25)/t13-/m0/s1. The maximum Gasteiger partial charge on any atom is 0.230 e. The number of nitrogens with one attached hydrogen (secondary N) is 1. The fourth-order valence-electron chi connectivity index (χ4n) is 3.76. The molecule has 2 aliphatic rings. The first-order chi connectivity index (χ1) is 12.5. The molecule has 0 saturated carbocycles. The van der Waals surface area contributed by atoms with E-state index in [2.05, 4.69) is 5.32 Å². The predicted molar refractivity (Wildman–Crippen MR) is 97.0 cm³/mol. The van der Waals surface area contributed by atoms with E-state index in [1.165, 1.54) is 0 Å². The SMILES string of the molecule is COc1ccc(Cl)cc1C1CCN(C(=O)CC[C@H]2CC(=O)NC2=O)CC1. The lowest BCUT2D eigenvalue weighted by Gasteiger charge is -2.33. The first kappa shape index (κ1) is 18.7. The summed E-state index contributed by atoms with van der Waals surface area (Å²) in [5.41, 5.74) is 1.09. The largest absolute Gasteiger partial charge is 0.496 e. The van der Waals surface area contributed by atoms with Crippen LogP contribution in [0.25, 0.3) is 0 Å². The van der Waals surface area contributed by atoms with Gasteiger partial charge >= 0.3 is 0 Å². The fraction of sp³-hybridized carbons (Fsp3) is 0.526. The van der Waals surface area contributed by atoms with Crippen molar-refractivity contribution in [1.29, 1.82) is 0 Å². The van der Waals surface area contributed by atoms with Crippen LogP contribution in [0, 0.1) is 5.92 Å². The number of carbonyl (C=O) groups is 3. The van der Waals surface area contributed by atoms with Crippen molar-refractivity contribution in [2.75, 3.05) is 20.2 Å². The Hall–Kier alpha value is -2.08. The lowest BCUT2D eigenvalue weighted by Crippen LogP contribution is -2.38. The number of ether oxygens (including phenoxy) is 1. The zero-order valence-corrected chi connectivity index (χ0v) is 15.6. The van der Waals surface area contributed by atoms with E-state index >= 15 is 0 Å². The average Bonchev–Trinajstić information content (AvgIpc) is 2.97. The van der Waals surface area contributed by atoms with E-state index < -0.39 is 0 Å². The van der Waals surface area contributed by atoms with E-state index in [1.54, 1.807) is 7.11 Å². The molecule has 0 spiro atoms. The van der Waals surface area contributed by atoms with Gasteiger partial charge in [-0.1, -0.05) is 11.6 Å². The Bertz CT molecular complexity index is 713. The number of amides is 3. The molecule has 1 aromatic rings. The first-order valence-electron chi connectivity index (χ1n) is 8.93. The van der Waals surface area contributed by atoms with Crippen LogP contribution in [-0.4, -0.2) is 42.8 Å². The maximum absolute atomic E-state index is 12.4. The second-order valence-electron chi connectivity index (χ2n) is 6.89. The van der Waals surface area contributed by atoms with Crippen molar-refractivity contribution < 1.29 is 19.1 Å². The molecule has 2 heterocycles. The van der Waals surface area contributed by atoms with Gasteiger partial charge in [0.25, 0.3) is 0 Å². The molecular weight excluding hydrogens is 356 g/mol. The van der Waals surface area contributed by atoms with Gasteiger partial charge in [-0.25, -0.2) is 0 Å². The van der Waals surface area contributed by atoms with Crippen molar-refractivity contribution in [3.63, 3.8) is 0 Å².